The maximum Gasteiger partial charge on any atom is 0.191 e. The van der Waals surface area contributed by atoms with Crippen molar-refractivity contribution in [1.82, 2.24) is 9.80 Å². The lowest BCUT2D eigenvalue weighted by Crippen LogP contribution is -2.41. The molecular weight excluding hydrogens is 415 g/mol. The van der Waals surface area contributed by atoms with Gasteiger partial charge in [0.1, 0.15) is 0 Å². The number of guanidine groups is 1. The summed E-state index contributed by atoms with van der Waals surface area (Å²) in [4.78, 5) is 9.39. The van der Waals surface area contributed by atoms with Gasteiger partial charge >= 0.3 is 0 Å². The lowest BCUT2D eigenvalue weighted by atomic mass is 10.0. The molecule has 0 amide bonds. The Balaban J connectivity index is 0.00000208. The van der Waals surface area contributed by atoms with Crippen LogP contribution in [0.15, 0.2) is 29.3 Å². The number of likely N-dealkylation sites (tertiary alicyclic amines) is 1. The van der Waals surface area contributed by atoms with Gasteiger partial charge in [-0.05, 0) is 25.3 Å². The molecule has 5 nitrogen and oxygen atoms in total. The smallest absolute Gasteiger partial charge is 0.191 e. The number of halogens is 1. The SMILES string of the molecule is Cc1ccc(C(CN=C(N)N2CCCC2)N2CCOCC2)cc1.I. The summed E-state index contributed by atoms with van der Waals surface area (Å²) in [5, 5.41) is 0. The summed E-state index contributed by atoms with van der Waals surface area (Å²) < 4.78 is 5.50. The van der Waals surface area contributed by atoms with Crippen molar-refractivity contribution in [3.8, 4) is 0 Å². The first kappa shape index (κ1) is 19.5. The third-order valence-corrected chi connectivity index (χ3v) is 4.80. The van der Waals surface area contributed by atoms with Crippen molar-refractivity contribution < 1.29 is 4.74 Å². The average molecular weight is 444 g/mol. The van der Waals surface area contributed by atoms with E-state index in [1.807, 2.05) is 0 Å². The molecule has 1 aromatic rings. The van der Waals surface area contributed by atoms with Gasteiger partial charge in [0.15, 0.2) is 5.96 Å². The number of rotatable bonds is 4. The fourth-order valence-corrected chi connectivity index (χ4v) is 3.34. The van der Waals surface area contributed by atoms with Gasteiger partial charge in [0.25, 0.3) is 0 Å². The first-order chi connectivity index (χ1) is 11.2. The summed E-state index contributed by atoms with van der Waals surface area (Å²) >= 11 is 0. The van der Waals surface area contributed by atoms with E-state index in [-0.39, 0.29) is 30.0 Å². The molecule has 0 bridgehead atoms. The Morgan fingerprint density at radius 2 is 1.75 bits per heavy atom. The zero-order valence-corrected chi connectivity index (χ0v) is 16.8. The van der Waals surface area contributed by atoms with Crippen LogP contribution in [0, 0.1) is 6.92 Å². The summed E-state index contributed by atoms with van der Waals surface area (Å²) in [6, 6.07) is 9.07. The number of aryl methyl sites for hydroxylation is 1. The van der Waals surface area contributed by atoms with Crippen molar-refractivity contribution in [3.05, 3.63) is 35.4 Å². The highest BCUT2D eigenvalue weighted by molar-refractivity contribution is 14.0. The lowest BCUT2D eigenvalue weighted by Gasteiger charge is -2.34. The first-order valence-electron chi connectivity index (χ1n) is 8.67. The minimum absolute atomic E-state index is 0. The Morgan fingerprint density at radius 1 is 1.12 bits per heavy atom. The average Bonchev–Trinajstić information content (AvgIpc) is 3.12. The number of ether oxygens (including phenoxy) is 1. The van der Waals surface area contributed by atoms with E-state index < -0.39 is 0 Å². The third-order valence-electron chi connectivity index (χ3n) is 4.80. The van der Waals surface area contributed by atoms with Gasteiger partial charge in [-0.2, -0.15) is 0 Å². The molecule has 2 heterocycles. The number of benzene rings is 1. The molecule has 1 aromatic carbocycles. The van der Waals surface area contributed by atoms with E-state index in [2.05, 4.69) is 41.0 Å². The zero-order chi connectivity index (χ0) is 16.1. The molecule has 2 aliphatic rings. The Morgan fingerprint density at radius 3 is 2.38 bits per heavy atom. The predicted molar refractivity (Wildman–Crippen MR) is 109 cm³/mol. The number of aliphatic imine (C=N–C) groups is 1. The van der Waals surface area contributed by atoms with Crippen LogP contribution in [-0.4, -0.2) is 61.7 Å². The molecule has 1 atom stereocenters. The van der Waals surface area contributed by atoms with Crippen LogP contribution in [0.4, 0.5) is 0 Å². The van der Waals surface area contributed by atoms with Crippen LogP contribution < -0.4 is 5.73 Å². The summed E-state index contributed by atoms with van der Waals surface area (Å²) in [6.45, 7) is 8.43. The van der Waals surface area contributed by atoms with Crippen molar-refractivity contribution in [2.75, 3.05) is 45.9 Å². The summed E-state index contributed by atoms with van der Waals surface area (Å²) in [7, 11) is 0. The van der Waals surface area contributed by atoms with Crippen molar-refractivity contribution in [1.29, 1.82) is 0 Å². The molecule has 134 valence electrons. The molecule has 0 spiro atoms. The maximum atomic E-state index is 6.19. The Bertz CT molecular complexity index is 522. The number of morpholine rings is 1. The van der Waals surface area contributed by atoms with Gasteiger partial charge in [0.05, 0.1) is 25.8 Å². The third kappa shape index (κ3) is 5.07. The predicted octanol–water partition coefficient (Wildman–Crippen LogP) is 2.40. The van der Waals surface area contributed by atoms with Gasteiger partial charge in [-0.1, -0.05) is 29.8 Å². The second-order valence-corrected chi connectivity index (χ2v) is 6.47. The first-order valence-corrected chi connectivity index (χ1v) is 8.67. The molecule has 0 aliphatic carbocycles. The Hall–Kier alpha value is -0.860. The van der Waals surface area contributed by atoms with Crippen molar-refractivity contribution in [2.24, 2.45) is 10.7 Å². The van der Waals surface area contributed by atoms with Crippen LogP contribution in [0.25, 0.3) is 0 Å². The van der Waals surface area contributed by atoms with E-state index in [1.54, 1.807) is 0 Å². The quantitative estimate of drug-likeness (QED) is 0.440. The van der Waals surface area contributed by atoms with E-state index in [0.29, 0.717) is 12.5 Å². The largest absolute Gasteiger partial charge is 0.379 e. The minimum atomic E-state index is 0. The molecule has 0 saturated carbocycles. The summed E-state index contributed by atoms with van der Waals surface area (Å²) in [5.74, 6) is 0.702. The molecule has 6 heteroatoms. The minimum Gasteiger partial charge on any atom is -0.379 e. The monoisotopic (exact) mass is 444 g/mol. The standard InChI is InChI=1S/C18H28N4O.HI/c1-15-4-6-16(7-5-15)17(21-10-12-23-13-11-21)14-20-18(19)22-8-2-3-9-22;/h4-7,17H,2-3,8-14H2,1H3,(H2,19,20);1H. The number of hydrogen-bond donors (Lipinski definition) is 1. The molecule has 2 aliphatic heterocycles. The van der Waals surface area contributed by atoms with Crippen molar-refractivity contribution in [2.45, 2.75) is 25.8 Å². The molecule has 2 N–H and O–H groups in total. The highest BCUT2D eigenvalue weighted by atomic mass is 127. The topological polar surface area (TPSA) is 54.1 Å². The summed E-state index contributed by atoms with van der Waals surface area (Å²) in [6.07, 6.45) is 2.45. The highest BCUT2D eigenvalue weighted by Gasteiger charge is 2.23. The molecule has 24 heavy (non-hydrogen) atoms. The maximum absolute atomic E-state index is 6.19. The van der Waals surface area contributed by atoms with E-state index in [9.17, 15) is 0 Å². The van der Waals surface area contributed by atoms with Gasteiger partial charge < -0.3 is 15.4 Å². The van der Waals surface area contributed by atoms with Crippen LogP contribution in [0.2, 0.25) is 0 Å². The van der Waals surface area contributed by atoms with Gasteiger partial charge in [0, 0.05) is 26.2 Å². The Labute approximate surface area is 162 Å². The van der Waals surface area contributed by atoms with Crippen LogP contribution in [0.1, 0.15) is 30.0 Å². The molecule has 2 saturated heterocycles. The van der Waals surface area contributed by atoms with E-state index in [1.165, 1.54) is 24.0 Å². The summed E-state index contributed by atoms with van der Waals surface area (Å²) in [5.41, 5.74) is 8.79. The van der Waals surface area contributed by atoms with Crippen LogP contribution in [-0.2, 0) is 4.74 Å². The lowest BCUT2D eigenvalue weighted by molar-refractivity contribution is 0.0179. The number of nitrogens with zero attached hydrogens (tertiary/aromatic N) is 3. The molecule has 3 rings (SSSR count). The molecule has 0 aromatic heterocycles. The fourth-order valence-electron chi connectivity index (χ4n) is 3.34. The second kappa shape index (κ2) is 9.58. The van der Waals surface area contributed by atoms with Crippen molar-refractivity contribution >= 4 is 29.9 Å². The van der Waals surface area contributed by atoms with Crippen LogP contribution in [0.5, 0.6) is 0 Å². The normalized spacial score (nSPS) is 20.7. The molecule has 2 fully saturated rings. The molecular formula is C18H29IN4O. The van der Waals surface area contributed by atoms with Gasteiger partial charge in [-0.15, -0.1) is 24.0 Å². The Kier molecular flexibility index (Phi) is 7.77. The fraction of sp³-hybridized carbons (Fsp3) is 0.611. The van der Waals surface area contributed by atoms with E-state index in [0.717, 1.165) is 39.4 Å². The van der Waals surface area contributed by atoms with E-state index in [4.69, 9.17) is 15.5 Å². The number of nitrogens with two attached hydrogens (primary N) is 1. The zero-order valence-electron chi connectivity index (χ0n) is 14.5. The van der Waals surface area contributed by atoms with E-state index >= 15 is 0 Å². The second-order valence-electron chi connectivity index (χ2n) is 6.47. The molecule has 0 radical (unpaired) electrons. The van der Waals surface area contributed by atoms with Crippen LogP contribution in [0.3, 0.4) is 0 Å². The van der Waals surface area contributed by atoms with Gasteiger partial charge in [0.2, 0.25) is 0 Å². The van der Waals surface area contributed by atoms with Gasteiger partial charge in [-0.3, -0.25) is 9.89 Å². The van der Waals surface area contributed by atoms with Gasteiger partial charge in [-0.25, -0.2) is 0 Å². The van der Waals surface area contributed by atoms with Crippen molar-refractivity contribution in [3.63, 3.8) is 0 Å². The molecule has 1 unspecified atom stereocenters. The highest BCUT2D eigenvalue weighted by Crippen LogP contribution is 2.23. The van der Waals surface area contributed by atoms with Crippen LogP contribution >= 0.6 is 24.0 Å². The number of hydrogen-bond acceptors (Lipinski definition) is 3.